The lowest BCUT2D eigenvalue weighted by molar-refractivity contribution is 0.264. The van der Waals surface area contributed by atoms with Gasteiger partial charge in [-0.05, 0) is 20.8 Å². The van der Waals surface area contributed by atoms with Gasteiger partial charge in [0.2, 0.25) is 0 Å². The summed E-state index contributed by atoms with van der Waals surface area (Å²) in [6.07, 6.45) is 0. The van der Waals surface area contributed by atoms with Crippen molar-refractivity contribution in [1.29, 1.82) is 0 Å². The molecule has 0 saturated carbocycles. The first kappa shape index (κ1) is 11.8. The van der Waals surface area contributed by atoms with Gasteiger partial charge in [0.05, 0.1) is 6.61 Å². The third-order valence-electron chi connectivity index (χ3n) is 1.02. The van der Waals surface area contributed by atoms with Crippen LogP contribution in [0.4, 0.5) is 0 Å². The summed E-state index contributed by atoms with van der Waals surface area (Å²) in [5, 5.41) is 8.58. The van der Waals surface area contributed by atoms with Crippen molar-refractivity contribution in [3.63, 3.8) is 0 Å². The van der Waals surface area contributed by atoms with Gasteiger partial charge in [0, 0.05) is 12.1 Å². The number of nitrogens with one attached hydrogen (secondary N) is 2. The Hall–Kier alpha value is -0.170. The maximum atomic E-state index is 11.1. The topological polar surface area (TPSA) is 78.4 Å². The maximum absolute atomic E-state index is 11.1. The number of aliphatic hydroxyl groups is 1. The minimum absolute atomic E-state index is 0.145. The lowest BCUT2D eigenvalue weighted by Gasteiger charge is -2.13. The van der Waals surface area contributed by atoms with Crippen LogP contribution in [0.5, 0.6) is 0 Å². The Morgan fingerprint density at radius 2 is 1.75 bits per heavy atom. The molecule has 1 unspecified atom stereocenters. The van der Waals surface area contributed by atoms with Crippen LogP contribution in [0, 0.1) is 0 Å². The molecule has 0 aromatic carbocycles. The van der Waals surface area contributed by atoms with Crippen molar-refractivity contribution in [1.82, 2.24) is 9.44 Å². The summed E-state index contributed by atoms with van der Waals surface area (Å²) in [7, 11) is -3.45. The van der Waals surface area contributed by atoms with E-state index in [9.17, 15) is 8.42 Å². The number of aliphatic hydroxyl groups excluding tert-OH is 1. The summed E-state index contributed by atoms with van der Waals surface area (Å²) in [5.41, 5.74) is 0. The molecular weight excluding hydrogens is 180 g/mol. The Morgan fingerprint density at radius 1 is 1.25 bits per heavy atom. The summed E-state index contributed by atoms with van der Waals surface area (Å²) in [5.74, 6) is 0. The van der Waals surface area contributed by atoms with Crippen LogP contribution in [0.2, 0.25) is 0 Å². The molecule has 1 atom stereocenters. The van der Waals surface area contributed by atoms with Gasteiger partial charge in [-0.15, -0.1) is 0 Å². The van der Waals surface area contributed by atoms with Gasteiger partial charge in [-0.25, -0.2) is 0 Å². The van der Waals surface area contributed by atoms with Gasteiger partial charge >= 0.3 is 0 Å². The molecule has 0 rings (SSSR count). The van der Waals surface area contributed by atoms with E-state index in [0.717, 1.165) is 0 Å². The van der Waals surface area contributed by atoms with Gasteiger partial charge in [-0.2, -0.15) is 17.9 Å². The zero-order chi connectivity index (χ0) is 9.78. The van der Waals surface area contributed by atoms with Crippen LogP contribution < -0.4 is 9.44 Å². The quantitative estimate of drug-likeness (QED) is 0.538. The zero-order valence-corrected chi connectivity index (χ0v) is 8.35. The molecule has 0 aliphatic heterocycles. The average Bonchev–Trinajstić information content (AvgIpc) is 1.83. The molecule has 0 fully saturated rings. The lowest BCUT2D eigenvalue weighted by Crippen LogP contribution is -2.45. The highest BCUT2D eigenvalue weighted by atomic mass is 32.2. The van der Waals surface area contributed by atoms with E-state index in [1.807, 2.05) is 0 Å². The monoisotopic (exact) mass is 196 g/mol. The summed E-state index contributed by atoms with van der Waals surface area (Å²) in [6, 6.07) is -0.602. The highest BCUT2D eigenvalue weighted by molar-refractivity contribution is 7.87. The molecule has 0 aromatic rings. The van der Waals surface area contributed by atoms with Crippen molar-refractivity contribution in [3.05, 3.63) is 0 Å². The highest BCUT2D eigenvalue weighted by Crippen LogP contribution is 1.87. The number of rotatable bonds is 5. The van der Waals surface area contributed by atoms with Gasteiger partial charge in [-0.3, -0.25) is 0 Å². The smallest absolute Gasteiger partial charge is 0.277 e. The third-order valence-corrected chi connectivity index (χ3v) is 2.52. The highest BCUT2D eigenvalue weighted by Gasteiger charge is 2.13. The second-order valence-electron chi connectivity index (χ2n) is 2.98. The molecule has 0 saturated heterocycles. The molecule has 5 nitrogen and oxygen atoms in total. The minimum atomic E-state index is -3.45. The van der Waals surface area contributed by atoms with Gasteiger partial charge in [0.15, 0.2) is 0 Å². The van der Waals surface area contributed by atoms with Crippen molar-refractivity contribution < 1.29 is 13.5 Å². The molecule has 0 aliphatic rings. The fraction of sp³-hybridized carbons (Fsp3) is 1.00. The van der Waals surface area contributed by atoms with Crippen molar-refractivity contribution >= 4 is 10.2 Å². The van der Waals surface area contributed by atoms with Crippen LogP contribution in [-0.4, -0.2) is 32.2 Å². The Morgan fingerprint density at radius 3 is 2.08 bits per heavy atom. The summed E-state index contributed by atoms with van der Waals surface area (Å²) < 4.78 is 26.7. The third kappa shape index (κ3) is 5.48. The first-order valence-electron chi connectivity index (χ1n) is 3.78. The number of hydrogen-bond donors (Lipinski definition) is 3. The van der Waals surface area contributed by atoms with E-state index in [0.29, 0.717) is 0 Å². The Balaban J connectivity index is 4.05. The van der Waals surface area contributed by atoms with E-state index in [1.165, 1.54) is 0 Å². The fourth-order valence-corrected chi connectivity index (χ4v) is 1.94. The van der Waals surface area contributed by atoms with Gasteiger partial charge in [0.25, 0.3) is 10.2 Å². The van der Waals surface area contributed by atoms with E-state index in [4.69, 9.17) is 5.11 Å². The first-order valence-corrected chi connectivity index (χ1v) is 5.26. The van der Waals surface area contributed by atoms with Gasteiger partial charge < -0.3 is 5.11 Å². The predicted molar refractivity (Wildman–Crippen MR) is 46.9 cm³/mol. The molecule has 0 amide bonds. The summed E-state index contributed by atoms with van der Waals surface area (Å²) in [4.78, 5) is 0. The van der Waals surface area contributed by atoms with Gasteiger partial charge in [0.1, 0.15) is 0 Å². The molecule has 6 heteroatoms. The van der Waals surface area contributed by atoms with E-state index in [-0.39, 0.29) is 12.6 Å². The molecule has 0 heterocycles. The average molecular weight is 196 g/mol. The summed E-state index contributed by atoms with van der Waals surface area (Å²) >= 11 is 0. The van der Waals surface area contributed by atoms with Gasteiger partial charge in [-0.1, -0.05) is 0 Å². The fourth-order valence-electron chi connectivity index (χ4n) is 0.646. The Bertz CT molecular complexity index is 213. The molecule has 0 radical (unpaired) electrons. The predicted octanol–water partition coefficient (Wildman–Crippen LogP) is -0.800. The summed E-state index contributed by atoms with van der Waals surface area (Å²) in [6.45, 7) is 4.82. The van der Waals surface area contributed by atoms with Crippen LogP contribution in [-0.2, 0) is 10.2 Å². The molecule has 12 heavy (non-hydrogen) atoms. The van der Waals surface area contributed by atoms with Crippen LogP contribution in [0.1, 0.15) is 20.8 Å². The Kier molecular flexibility index (Phi) is 4.69. The Labute approximate surface area is 73.4 Å². The molecule has 3 N–H and O–H groups in total. The van der Waals surface area contributed by atoms with Crippen LogP contribution >= 0.6 is 0 Å². The van der Waals surface area contributed by atoms with E-state index in [1.54, 1.807) is 20.8 Å². The van der Waals surface area contributed by atoms with E-state index < -0.39 is 16.3 Å². The van der Waals surface area contributed by atoms with E-state index in [2.05, 4.69) is 9.44 Å². The van der Waals surface area contributed by atoms with Crippen molar-refractivity contribution in [2.24, 2.45) is 0 Å². The first-order chi connectivity index (χ1) is 5.37. The largest absolute Gasteiger partial charge is 0.395 e. The normalized spacial score (nSPS) is 15.1. The molecule has 0 aliphatic carbocycles. The standard InChI is InChI=1S/C6H16N2O3S/c1-5(2)7-12(10,11)8-6(3)4-9/h5-9H,4H2,1-3H3. The van der Waals surface area contributed by atoms with Crippen LogP contribution in [0.15, 0.2) is 0 Å². The second kappa shape index (κ2) is 4.76. The molecule has 0 bridgehead atoms. The maximum Gasteiger partial charge on any atom is 0.277 e. The van der Waals surface area contributed by atoms with E-state index >= 15 is 0 Å². The zero-order valence-electron chi connectivity index (χ0n) is 7.53. The molecule has 0 spiro atoms. The molecular formula is C6H16N2O3S. The second-order valence-corrected chi connectivity index (χ2v) is 4.46. The van der Waals surface area contributed by atoms with Crippen molar-refractivity contribution in [2.45, 2.75) is 32.9 Å². The lowest BCUT2D eigenvalue weighted by atomic mass is 10.4. The minimum Gasteiger partial charge on any atom is -0.395 e. The SMILES string of the molecule is CC(C)NS(=O)(=O)NC(C)CO. The van der Waals surface area contributed by atoms with Crippen LogP contribution in [0.3, 0.4) is 0 Å². The van der Waals surface area contributed by atoms with Crippen molar-refractivity contribution in [3.8, 4) is 0 Å². The molecule has 74 valence electrons. The van der Waals surface area contributed by atoms with Crippen LogP contribution in [0.25, 0.3) is 0 Å². The number of hydrogen-bond acceptors (Lipinski definition) is 3. The molecule has 0 aromatic heterocycles. The van der Waals surface area contributed by atoms with Crippen molar-refractivity contribution in [2.75, 3.05) is 6.61 Å².